The minimum absolute atomic E-state index is 0.0219. The number of amides is 1. The van der Waals surface area contributed by atoms with E-state index in [0.717, 1.165) is 36.6 Å². The van der Waals surface area contributed by atoms with Gasteiger partial charge in [0.2, 0.25) is 5.88 Å². The molecule has 1 aliphatic carbocycles. The van der Waals surface area contributed by atoms with Crippen LogP contribution in [0.2, 0.25) is 0 Å². The number of aryl methyl sites for hydroxylation is 1. The van der Waals surface area contributed by atoms with Crippen molar-refractivity contribution < 1.29 is 14.6 Å². The molecule has 28 heavy (non-hydrogen) atoms. The highest BCUT2D eigenvalue weighted by atomic mass is 32.1. The Balaban J connectivity index is 1.64. The number of ether oxygens (including phenoxy) is 1. The monoisotopic (exact) mass is 399 g/mol. The lowest BCUT2D eigenvalue weighted by Crippen LogP contribution is -2.27. The summed E-state index contributed by atoms with van der Waals surface area (Å²) in [5.74, 6) is 0.582. The number of aromatic nitrogens is 3. The Labute approximate surface area is 165 Å². The summed E-state index contributed by atoms with van der Waals surface area (Å²) in [6.07, 6.45) is 5.96. The van der Waals surface area contributed by atoms with Crippen molar-refractivity contribution in [3.63, 3.8) is 0 Å². The van der Waals surface area contributed by atoms with Crippen molar-refractivity contribution in [2.75, 3.05) is 5.32 Å². The molecule has 1 aliphatic rings. The standard InChI is InChI=1S/C19H21N5O3S/c1-10-14-17(22-9-23-19(14)28-15(10)16(20)26)24-13-3-2-8-21-18(13)27-12-6-4-11(25)5-7-12/h2-3,8-9,11-12,25H,4-7H2,1H3,(H2,20,26)(H,22,23,24)/t11-,12+. The number of hydrogen-bond acceptors (Lipinski definition) is 8. The van der Waals surface area contributed by atoms with Gasteiger partial charge in [0.1, 0.15) is 28.8 Å². The molecule has 0 radical (unpaired) electrons. The van der Waals surface area contributed by atoms with Crippen LogP contribution >= 0.6 is 11.3 Å². The maximum atomic E-state index is 11.7. The molecule has 3 heterocycles. The van der Waals surface area contributed by atoms with Crippen LogP contribution in [0, 0.1) is 6.92 Å². The zero-order valence-corrected chi connectivity index (χ0v) is 16.2. The molecule has 0 bridgehead atoms. The van der Waals surface area contributed by atoms with E-state index in [2.05, 4.69) is 20.3 Å². The number of aliphatic hydroxyl groups excluding tert-OH is 1. The third kappa shape index (κ3) is 3.63. The Hall–Kier alpha value is -2.78. The van der Waals surface area contributed by atoms with Gasteiger partial charge in [-0.1, -0.05) is 0 Å². The first-order valence-corrected chi connectivity index (χ1v) is 9.95. The maximum absolute atomic E-state index is 11.7. The number of nitrogens with two attached hydrogens (primary N) is 1. The van der Waals surface area contributed by atoms with Gasteiger partial charge in [0.15, 0.2) is 0 Å². The number of pyridine rings is 1. The van der Waals surface area contributed by atoms with Crippen molar-refractivity contribution in [2.24, 2.45) is 5.73 Å². The number of fused-ring (bicyclic) bond motifs is 1. The summed E-state index contributed by atoms with van der Waals surface area (Å²) in [4.78, 5) is 25.8. The molecule has 3 aromatic heterocycles. The zero-order valence-electron chi connectivity index (χ0n) is 15.4. The van der Waals surface area contributed by atoms with E-state index in [1.807, 2.05) is 19.1 Å². The van der Waals surface area contributed by atoms with E-state index in [0.29, 0.717) is 27.1 Å². The summed E-state index contributed by atoms with van der Waals surface area (Å²) < 4.78 is 6.09. The second kappa shape index (κ2) is 7.69. The lowest BCUT2D eigenvalue weighted by Gasteiger charge is -2.26. The summed E-state index contributed by atoms with van der Waals surface area (Å²) in [7, 11) is 0. The van der Waals surface area contributed by atoms with Crippen molar-refractivity contribution in [3.8, 4) is 5.88 Å². The third-order valence-electron chi connectivity index (χ3n) is 4.90. The molecule has 0 aromatic carbocycles. The average molecular weight is 399 g/mol. The first kappa shape index (κ1) is 18.6. The largest absolute Gasteiger partial charge is 0.473 e. The van der Waals surface area contributed by atoms with Gasteiger partial charge in [-0.2, -0.15) is 0 Å². The van der Waals surface area contributed by atoms with Crippen molar-refractivity contribution in [1.29, 1.82) is 0 Å². The van der Waals surface area contributed by atoms with Crippen molar-refractivity contribution >= 4 is 39.0 Å². The number of carbonyl (C=O) groups is 1. The van der Waals surface area contributed by atoms with Gasteiger partial charge in [0.25, 0.3) is 5.91 Å². The van der Waals surface area contributed by atoms with Crippen LogP contribution in [0.4, 0.5) is 11.5 Å². The molecule has 0 saturated heterocycles. The van der Waals surface area contributed by atoms with Crippen LogP contribution in [0.25, 0.3) is 10.2 Å². The van der Waals surface area contributed by atoms with E-state index < -0.39 is 5.91 Å². The van der Waals surface area contributed by atoms with E-state index in [9.17, 15) is 9.90 Å². The Morgan fingerprint density at radius 3 is 2.82 bits per heavy atom. The fourth-order valence-electron chi connectivity index (χ4n) is 3.43. The molecule has 146 valence electrons. The van der Waals surface area contributed by atoms with E-state index in [1.165, 1.54) is 17.7 Å². The summed E-state index contributed by atoms with van der Waals surface area (Å²) in [6, 6.07) is 3.68. The van der Waals surface area contributed by atoms with Crippen molar-refractivity contribution in [2.45, 2.75) is 44.8 Å². The summed E-state index contributed by atoms with van der Waals surface area (Å²) in [5.41, 5.74) is 6.91. The highest BCUT2D eigenvalue weighted by molar-refractivity contribution is 7.20. The second-order valence-corrected chi connectivity index (χ2v) is 7.85. The number of aliphatic hydroxyl groups is 1. The zero-order chi connectivity index (χ0) is 19.7. The number of carbonyl (C=O) groups excluding carboxylic acids is 1. The highest BCUT2D eigenvalue weighted by Gasteiger charge is 2.23. The molecule has 1 amide bonds. The SMILES string of the molecule is Cc1c(C(N)=O)sc2ncnc(Nc3cccnc3O[C@H]3CC[C@@H](O)CC3)c12. The Morgan fingerprint density at radius 2 is 2.07 bits per heavy atom. The van der Waals surface area contributed by atoms with E-state index in [1.54, 1.807) is 6.20 Å². The molecule has 0 spiro atoms. The predicted molar refractivity (Wildman–Crippen MR) is 107 cm³/mol. The van der Waals surface area contributed by atoms with Gasteiger partial charge < -0.3 is 20.9 Å². The molecule has 3 aromatic rings. The van der Waals surface area contributed by atoms with Gasteiger partial charge in [-0.05, 0) is 50.3 Å². The summed E-state index contributed by atoms with van der Waals surface area (Å²) in [5, 5.41) is 13.7. The minimum Gasteiger partial charge on any atom is -0.473 e. The van der Waals surface area contributed by atoms with Crippen LogP contribution in [0.3, 0.4) is 0 Å². The molecular formula is C19H21N5O3S. The number of anilines is 2. The molecule has 1 fully saturated rings. The molecular weight excluding hydrogens is 378 g/mol. The third-order valence-corrected chi connectivity index (χ3v) is 6.11. The lowest BCUT2D eigenvalue weighted by atomic mass is 9.95. The fraction of sp³-hybridized carbons (Fsp3) is 0.368. The van der Waals surface area contributed by atoms with Crippen LogP contribution in [-0.4, -0.2) is 38.2 Å². The van der Waals surface area contributed by atoms with Gasteiger partial charge in [-0.3, -0.25) is 4.79 Å². The van der Waals surface area contributed by atoms with E-state index in [-0.39, 0.29) is 12.2 Å². The van der Waals surface area contributed by atoms with Crippen LogP contribution in [-0.2, 0) is 0 Å². The number of nitrogens with zero attached hydrogens (tertiary/aromatic N) is 3. The molecule has 0 aliphatic heterocycles. The Morgan fingerprint density at radius 1 is 1.29 bits per heavy atom. The molecule has 4 rings (SSSR count). The van der Waals surface area contributed by atoms with Gasteiger partial charge in [-0.15, -0.1) is 11.3 Å². The molecule has 8 nitrogen and oxygen atoms in total. The van der Waals surface area contributed by atoms with Gasteiger partial charge in [0, 0.05) is 6.20 Å². The van der Waals surface area contributed by atoms with Crippen LogP contribution in [0.15, 0.2) is 24.7 Å². The van der Waals surface area contributed by atoms with Crippen LogP contribution in [0.5, 0.6) is 5.88 Å². The topological polar surface area (TPSA) is 123 Å². The first-order valence-electron chi connectivity index (χ1n) is 9.13. The summed E-state index contributed by atoms with van der Waals surface area (Å²) >= 11 is 1.25. The van der Waals surface area contributed by atoms with E-state index >= 15 is 0 Å². The number of nitrogens with one attached hydrogen (secondary N) is 1. The predicted octanol–water partition coefficient (Wildman–Crippen LogP) is 2.92. The Bertz CT molecular complexity index is 1010. The number of rotatable bonds is 5. The van der Waals surface area contributed by atoms with Crippen LogP contribution in [0.1, 0.15) is 40.9 Å². The van der Waals surface area contributed by atoms with Gasteiger partial charge in [-0.25, -0.2) is 15.0 Å². The molecule has 0 unspecified atom stereocenters. The summed E-state index contributed by atoms with van der Waals surface area (Å²) in [6.45, 7) is 1.83. The van der Waals surface area contributed by atoms with Gasteiger partial charge in [0.05, 0.1) is 16.4 Å². The van der Waals surface area contributed by atoms with Crippen molar-refractivity contribution in [3.05, 3.63) is 35.1 Å². The lowest BCUT2D eigenvalue weighted by molar-refractivity contribution is 0.0647. The molecule has 4 N–H and O–H groups in total. The molecule has 9 heteroatoms. The van der Waals surface area contributed by atoms with E-state index in [4.69, 9.17) is 10.5 Å². The normalized spacial score (nSPS) is 19.5. The molecule has 1 saturated carbocycles. The maximum Gasteiger partial charge on any atom is 0.259 e. The molecule has 0 atom stereocenters. The van der Waals surface area contributed by atoms with Crippen molar-refractivity contribution in [1.82, 2.24) is 15.0 Å². The minimum atomic E-state index is -0.476. The number of thiophene rings is 1. The second-order valence-electron chi connectivity index (χ2n) is 6.85. The van der Waals surface area contributed by atoms with Crippen LogP contribution < -0.4 is 15.8 Å². The smallest absolute Gasteiger partial charge is 0.259 e. The number of primary amides is 1. The average Bonchev–Trinajstić information content (AvgIpc) is 3.03. The first-order chi connectivity index (χ1) is 13.5. The Kier molecular flexibility index (Phi) is 5.10. The van der Waals surface area contributed by atoms with Gasteiger partial charge >= 0.3 is 0 Å². The quantitative estimate of drug-likeness (QED) is 0.603. The number of hydrogen-bond donors (Lipinski definition) is 3. The fourth-order valence-corrected chi connectivity index (χ4v) is 4.43. The highest BCUT2D eigenvalue weighted by Crippen LogP contribution is 2.36.